The fourth-order valence-electron chi connectivity index (χ4n) is 3.00. The maximum Gasteiger partial charge on any atom is 0.214 e. The Bertz CT molecular complexity index is 878. The topological polar surface area (TPSA) is 54.0 Å². The Labute approximate surface area is 139 Å². The third-order valence-electron chi connectivity index (χ3n) is 4.55. The molecule has 0 N–H and O–H groups in total. The van der Waals surface area contributed by atoms with E-state index in [2.05, 4.69) is 47.3 Å². The Hall–Kier alpha value is -2.19. The van der Waals surface area contributed by atoms with Crippen LogP contribution in [0.3, 0.4) is 0 Å². The first-order valence-corrected chi connectivity index (χ1v) is 9.00. The standard InChI is InChI=1S/C18H18N4S/c1-2-4-12-7-9-13(10-8-12)16-15(11-19)22-18(20-16)23-17(21-22)14-5-3-6-14/h7-10,14H,2-6H2,1H3. The molecule has 0 amide bonds. The van der Waals surface area contributed by atoms with Gasteiger partial charge in [-0.1, -0.05) is 55.4 Å². The molecule has 0 saturated heterocycles. The van der Waals surface area contributed by atoms with Gasteiger partial charge in [-0.05, 0) is 24.8 Å². The van der Waals surface area contributed by atoms with Crippen LogP contribution in [0.5, 0.6) is 0 Å². The molecule has 3 aromatic rings. The first-order valence-electron chi connectivity index (χ1n) is 8.19. The highest BCUT2D eigenvalue weighted by molar-refractivity contribution is 7.16. The summed E-state index contributed by atoms with van der Waals surface area (Å²) in [5, 5.41) is 15.4. The number of nitriles is 1. The summed E-state index contributed by atoms with van der Waals surface area (Å²) in [5.41, 5.74) is 3.60. The molecule has 0 radical (unpaired) electrons. The second kappa shape index (κ2) is 5.78. The number of nitrogens with zero attached hydrogens (tertiary/aromatic N) is 4. The van der Waals surface area contributed by atoms with Gasteiger partial charge in [0, 0.05) is 11.5 Å². The second-order valence-electron chi connectivity index (χ2n) is 6.13. The molecular formula is C18H18N4S. The Morgan fingerprint density at radius 1 is 1.30 bits per heavy atom. The van der Waals surface area contributed by atoms with E-state index in [0.29, 0.717) is 11.6 Å². The van der Waals surface area contributed by atoms with Gasteiger partial charge in [0.2, 0.25) is 4.96 Å². The van der Waals surface area contributed by atoms with Gasteiger partial charge in [-0.15, -0.1) is 0 Å². The lowest BCUT2D eigenvalue weighted by Gasteiger charge is -2.21. The average Bonchev–Trinajstić information content (AvgIpc) is 3.03. The first kappa shape index (κ1) is 14.4. The lowest BCUT2D eigenvalue weighted by molar-refractivity contribution is 0.415. The molecular weight excluding hydrogens is 304 g/mol. The van der Waals surface area contributed by atoms with Crippen LogP contribution in [0, 0.1) is 11.3 Å². The fourth-order valence-corrected chi connectivity index (χ4v) is 4.07. The van der Waals surface area contributed by atoms with E-state index in [9.17, 15) is 5.26 Å². The van der Waals surface area contributed by atoms with Gasteiger partial charge in [-0.3, -0.25) is 0 Å². The minimum absolute atomic E-state index is 0.546. The summed E-state index contributed by atoms with van der Waals surface area (Å²) < 4.78 is 1.73. The SMILES string of the molecule is CCCc1ccc(-c2nc3sc(C4CCC4)nn3c2C#N)cc1. The third kappa shape index (κ3) is 2.43. The Morgan fingerprint density at radius 3 is 2.70 bits per heavy atom. The van der Waals surface area contributed by atoms with E-state index in [1.54, 1.807) is 15.9 Å². The van der Waals surface area contributed by atoms with E-state index in [0.717, 1.165) is 34.1 Å². The summed E-state index contributed by atoms with van der Waals surface area (Å²) in [6.45, 7) is 2.18. The predicted molar refractivity (Wildman–Crippen MR) is 91.6 cm³/mol. The van der Waals surface area contributed by atoms with Crippen molar-refractivity contribution in [3.63, 3.8) is 0 Å². The van der Waals surface area contributed by atoms with Crippen molar-refractivity contribution in [3.05, 3.63) is 40.5 Å². The number of aryl methyl sites for hydroxylation is 1. The molecule has 4 nitrogen and oxygen atoms in total. The number of rotatable bonds is 4. The molecule has 5 heteroatoms. The maximum absolute atomic E-state index is 9.58. The molecule has 0 unspecified atom stereocenters. The van der Waals surface area contributed by atoms with Crippen molar-refractivity contribution >= 4 is 16.3 Å². The summed E-state index contributed by atoms with van der Waals surface area (Å²) >= 11 is 1.63. The van der Waals surface area contributed by atoms with Crippen LogP contribution in [0.1, 0.15) is 54.8 Å². The molecule has 1 aliphatic carbocycles. The van der Waals surface area contributed by atoms with Gasteiger partial charge in [0.05, 0.1) is 0 Å². The minimum Gasteiger partial charge on any atom is -0.216 e. The third-order valence-corrected chi connectivity index (χ3v) is 5.62. The van der Waals surface area contributed by atoms with Gasteiger partial charge in [0.1, 0.15) is 16.8 Å². The zero-order valence-electron chi connectivity index (χ0n) is 13.1. The fraction of sp³-hybridized carbons (Fsp3) is 0.389. The lowest BCUT2D eigenvalue weighted by atomic mass is 9.86. The molecule has 1 aliphatic rings. The van der Waals surface area contributed by atoms with Crippen molar-refractivity contribution in [3.8, 4) is 17.3 Å². The number of fused-ring (bicyclic) bond motifs is 1. The maximum atomic E-state index is 9.58. The number of hydrogen-bond donors (Lipinski definition) is 0. The van der Waals surface area contributed by atoms with Crippen LogP contribution in [0.25, 0.3) is 16.2 Å². The molecule has 1 aromatic carbocycles. The molecule has 2 heterocycles. The van der Waals surface area contributed by atoms with Crippen molar-refractivity contribution in [2.24, 2.45) is 0 Å². The monoisotopic (exact) mass is 322 g/mol. The predicted octanol–water partition coefficient (Wildman–Crippen LogP) is 4.55. The molecule has 23 heavy (non-hydrogen) atoms. The second-order valence-corrected chi connectivity index (χ2v) is 7.12. The van der Waals surface area contributed by atoms with Crippen molar-refractivity contribution in [1.29, 1.82) is 5.26 Å². The average molecular weight is 322 g/mol. The summed E-state index contributed by atoms with van der Waals surface area (Å²) in [7, 11) is 0. The van der Waals surface area contributed by atoms with Crippen molar-refractivity contribution < 1.29 is 0 Å². The number of hydrogen-bond acceptors (Lipinski definition) is 4. The minimum atomic E-state index is 0.546. The van der Waals surface area contributed by atoms with Gasteiger partial charge < -0.3 is 0 Å². The highest BCUT2D eigenvalue weighted by Crippen LogP contribution is 2.39. The molecule has 116 valence electrons. The lowest BCUT2D eigenvalue weighted by Crippen LogP contribution is -2.08. The quantitative estimate of drug-likeness (QED) is 0.708. The Balaban J connectivity index is 1.74. The van der Waals surface area contributed by atoms with Gasteiger partial charge >= 0.3 is 0 Å². The summed E-state index contributed by atoms with van der Waals surface area (Å²) in [4.78, 5) is 5.52. The van der Waals surface area contributed by atoms with Crippen molar-refractivity contribution in [1.82, 2.24) is 14.6 Å². The van der Waals surface area contributed by atoms with E-state index in [4.69, 9.17) is 0 Å². The van der Waals surface area contributed by atoms with Crippen LogP contribution in [0.4, 0.5) is 0 Å². The largest absolute Gasteiger partial charge is 0.216 e. The van der Waals surface area contributed by atoms with Crippen LogP contribution in [0.2, 0.25) is 0 Å². The number of aromatic nitrogens is 3. The molecule has 0 spiro atoms. The molecule has 0 aliphatic heterocycles. The van der Waals surface area contributed by atoms with E-state index < -0.39 is 0 Å². The van der Waals surface area contributed by atoms with Crippen LogP contribution in [-0.4, -0.2) is 14.6 Å². The van der Waals surface area contributed by atoms with Gasteiger partial charge in [-0.25, -0.2) is 4.98 Å². The Morgan fingerprint density at radius 2 is 2.09 bits per heavy atom. The van der Waals surface area contributed by atoms with E-state index >= 15 is 0 Å². The Kier molecular flexibility index (Phi) is 3.62. The summed E-state index contributed by atoms with van der Waals surface area (Å²) in [5.74, 6) is 0.574. The van der Waals surface area contributed by atoms with Crippen LogP contribution in [-0.2, 0) is 6.42 Å². The number of imidazole rings is 1. The van der Waals surface area contributed by atoms with E-state index in [-0.39, 0.29) is 0 Å². The normalized spacial score (nSPS) is 14.8. The van der Waals surface area contributed by atoms with Gasteiger partial charge in [0.15, 0.2) is 5.69 Å². The smallest absolute Gasteiger partial charge is 0.214 e. The molecule has 1 fully saturated rings. The molecule has 2 aromatic heterocycles. The van der Waals surface area contributed by atoms with Crippen molar-refractivity contribution in [2.75, 3.05) is 0 Å². The zero-order valence-corrected chi connectivity index (χ0v) is 13.9. The molecule has 1 saturated carbocycles. The first-order chi connectivity index (χ1) is 11.3. The zero-order chi connectivity index (χ0) is 15.8. The van der Waals surface area contributed by atoms with E-state index in [1.807, 2.05) is 0 Å². The van der Waals surface area contributed by atoms with Gasteiger partial charge in [-0.2, -0.15) is 14.9 Å². The van der Waals surface area contributed by atoms with Crippen molar-refractivity contribution in [2.45, 2.75) is 44.9 Å². The van der Waals surface area contributed by atoms with Gasteiger partial charge in [0.25, 0.3) is 0 Å². The molecule has 0 bridgehead atoms. The summed E-state index contributed by atoms with van der Waals surface area (Å²) in [6, 6.07) is 10.7. The van der Waals surface area contributed by atoms with Crippen LogP contribution >= 0.6 is 11.3 Å². The molecule has 0 atom stereocenters. The van der Waals surface area contributed by atoms with Crippen LogP contribution in [0.15, 0.2) is 24.3 Å². The van der Waals surface area contributed by atoms with Crippen LogP contribution < -0.4 is 0 Å². The highest BCUT2D eigenvalue weighted by atomic mass is 32.1. The number of benzene rings is 1. The highest BCUT2D eigenvalue weighted by Gasteiger charge is 2.25. The molecule has 4 rings (SSSR count). The summed E-state index contributed by atoms with van der Waals surface area (Å²) in [6.07, 6.45) is 5.93. The van der Waals surface area contributed by atoms with E-state index in [1.165, 1.54) is 24.8 Å².